The Bertz CT molecular complexity index is 807. The molecule has 0 fully saturated rings. The van der Waals surface area contributed by atoms with Crippen molar-refractivity contribution in [3.63, 3.8) is 0 Å². The Kier molecular flexibility index (Phi) is 7.17. The molecule has 0 atom stereocenters. The number of amides is 2. The maximum Gasteiger partial charge on any atom is 0.244 e. The molecule has 0 aliphatic carbocycles. The molecule has 0 saturated carbocycles. The fourth-order valence-electron chi connectivity index (χ4n) is 2.04. The van der Waals surface area contributed by atoms with Gasteiger partial charge in [0, 0.05) is 24.7 Å². The summed E-state index contributed by atoms with van der Waals surface area (Å²) in [5.41, 5.74) is 1.25. The van der Waals surface area contributed by atoms with E-state index in [2.05, 4.69) is 10.6 Å². The number of anilines is 1. The number of benzene rings is 2. The van der Waals surface area contributed by atoms with E-state index in [9.17, 15) is 14.0 Å². The molecule has 2 aromatic carbocycles. The van der Waals surface area contributed by atoms with Crippen LogP contribution in [0.3, 0.4) is 0 Å². The summed E-state index contributed by atoms with van der Waals surface area (Å²) in [4.78, 5) is 23.5. The summed E-state index contributed by atoms with van der Waals surface area (Å²) in [5.74, 6) is -0.439. The van der Waals surface area contributed by atoms with Crippen LogP contribution in [0.25, 0.3) is 6.08 Å². The van der Waals surface area contributed by atoms with Crippen molar-refractivity contribution in [1.82, 2.24) is 5.32 Å². The highest BCUT2D eigenvalue weighted by Gasteiger charge is 2.06. The molecule has 136 valence electrons. The van der Waals surface area contributed by atoms with Gasteiger partial charge in [0.15, 0.2) is 0 Å². The van der Waals surface area contributed by atoms with Gasteiger partial charge in [-0.1, -0.05) is 23.7 Å². The van der Waals surface area contributed by atoms with Gasteiger partial charge in [-0.05, 0) is 42.0 Å². The summed E-state index contributed by atoms with van der Waals surface area (Å²) < 4.78 is 18.1. The van der Waals surface area contributed by atoms with Crippen LogP contribution >= 0.6 is 11.6 Å². The average molecular weight is 377 g/mol. The first-order chi connectivity index (χ1) is 12.5. The van der Waals surface area contributed by atoms with Crippen LogP contribution in [0.1, 0.15) is 12.0 Å². The van der Waals surface area contributed by atoms with E-state index in [1.807, 2.05) is 12.1 Å². The Balaban J connectivity index is 1.73. The minimum Gasteiger partial charge on any atom is -0.497 e. The molecule has 0 radical (unpaired) electrons. The Morgan fingerprint density at radius 2 is 1.92 bits per heavy atom. The van der Waals surface area contributed by atoms with Crippen LogP contribution in [0.2, 0.25) is 5.02 Å². The zero-order valence-corrected chi connectivity index (χ0v) is 14.8. The van der Waals surface area contributed by atoms with E-state index in [1.54, 1.807) is 25.3 Å². The minimum absolute atomic E-state index is 0.0697. The Morgan fingerprint density at radius 1 is 1.19 bits per heavy atom. The summed E-state index contributed by atoms with van der Waals surface area (Å²) in [6.45, 7) is 0.173. The van der Waals surface area contributed by atoms with Gasteiger partial charge in [0.25, 0.3) is 0 Å². The van der Waals surface area contributed by atoms with Crippen molar-refractivity contribution in [1.29, 1.82) is 0 Å². The van der Waals surface area contributed by atoms with Gasteiger partial charge in [0.1, 0.15) is 11.6 Å². The van der Waals surface area contributed by atoms with Crippen LogP contribution in [0, 0.1) is 5.82 Å². The summed E-state index contributed by atoms with van der Waals surface area (Å²) in [5, 5.41) is 5.13. The fourth-order valence-corrected chi connectivity index (χ4v) is 2.22. The third-order valence-electron chi connectivity index (χ3n) is 3.40. The Morgan fingerprint density at radius 3 is 2.58 bits per heavy atom. The number of carbonyl (C=O) groups excluding carboxylic acids is 2. The van der Waals surface area contributed by atoms with E-state index in [0.29, 0.717) is 5.69 Å². The largest absolute Gasteiger partial charge is 0.497 e. The van der Waals surface area contributed by atoms with Crippen LogP contribution in [-0.4, -0.2) is 25.5 Å². The summed E-state index contributed by atoms with van der Waals surface area (Å²) in [6.07, 6.45) is 3.13. The zero-order chi connectivity index (χ0) is 18.9. The van der Waals surface area contributed by atoms with Crippen LogP contribution in [0.15, 0.2) is 48.5 Å². The highest BCUT2D eigenvalue weighted by molar-refractivity contribution is 6.31. The second kappa shape index (κ2) is 9.58. The molecule has 2 N–H and O–H groups in total. The number of hydrogen-bond donors (Lipinski definition) is 2. The SMILES string of the molecule is COc1ccc(/C=C/C(=O)NCCC(=O)Nc2ccc(F)c(Cl)c2)cc1. The van der Waals surface area contributed by atoms with Gasteiger partial charge in [-0.15, -0.1) is 0 Å². The highest BCUT2D eigenvalue weighted by atomic mass is 35.5. The molecule has 5 nitrogen and oxygen atoms in total. The van der Waals surface area contributed by atoms with Crippen LogP contribution < -0.4 is 15.4 Å². The van der Waals surface area contributed by atoms with E-state index >= 15 is 0 Å². The van der Waals surface area contributed by atoms with Crippen LogP contribution in [-0.2, 0) is 9.59 Å². The lowest BCUT2D eigenvalue weighted by Crippen LogP contribution is -2.26. The minimum atomic E-state index is -0.555. The van der Waals surface area contributed by atoms with E-state index in [1.165, 1.54) is 24.3 Å². The maximum absolute atomic E-state index is 13.1. The van der Waals surface area contributed by atoms with Crippen molar-refractivity contribution < 1.29 is 18.7 Å². The maximum atomic E-state index is 13.1. The molecule has 0 bridgehead atoms. The molecule has 2 rings (SSSR count). The second-order valence-corrected chi connectivity index (χ2v) is 5.73. The predicted molar refractivity (Wildman–Crippen MR) is 99.7 cm³/mol. The summed E-state index contributed by atoms with van der Waals surface area (Å²) in [7, 11) is 1.58. The highest BCUT2D eigenvalue weighted by Crippen LogP contribution is 2.19. The molecular formula is C19H18ClFN2O3. The van der Waals surface area contributed by atoms with Crippen molar-refractivity contribution in [2.24, 2.45) is 0 Å². The molecule has 0 unspecified atom stereocenters. The van der Waals surface area contributed by atoms with Crippen LogP contribution in [0.4, 0.5) is 10.1 Å². The number of hydrogen-bond acceptors (Lipinski definition) is 3. The second-order valence-electron chi connectivity index (χ2n) is 5.32. The van der Waals surface area contributed by atoms with Crippen molar-refractivity contribution in [2.75, 3.05) is 19.0 Å². The normalized spacial score (nSPS) is 10.6. The van der Waals surface area contributed by atoms with Gasteiger partial charge in [0.05, 0.1) is 12.1 Å². The zero-order valence-electron chi connectivity index (χ0n) is 14.1. The van der Waals surface area contributed by atoms with Gasteiger partial charge in [-0.3, -0.25) is 9.59 Å². The molecule has 26 heavy (non-hydrogen) atoms. The first-order valence-corrected chi connectivity index (χ1v) is 8.20. The van der Waals surface area contributed by atoms with Crippen molar-refractivity contribution in [3.8, 4) is 5.75 Å². The standard InChI is InChI=1S/C19H18ClFN2O3/c1-26-15-6-2-13(3-7-15)4-9-18(24)22-11-10-19(25)23-14-5-8-17(21)16(20)12-14/h2-9,12H,10-11H2,1H3,(H,22,24)(H,23,25)/b9-4+. The molecular weight excluding hydrogens is 359 g/mol. The molecule has 0 saturated heterocycles. The van der Waals surface area contributed by atoms with Crippen molar-refractivity contribution in [3.05, 3.63) is 64.9 Å². The van der Waals surface area contributed by atoms with E-state index in [4.69, 9.17) is 16.3 Å². The van der Waals surface area contributed by atoms with Crippen LogP contribution in [0.5, 0.6) is 5.75 Å². The van der Waals surface area contributed by atoms with Gasteiger partial charge in [-0.25, -0.2) is 4.39 Å². The number of halogens is 2. The van der Waals surface area contributed by atoms with E-state index in [0.717, 1.165) is 11.3 Å². The third kappa shape index (κ3) is 6.22. The average Bonchev–Trinajstić information content (AvgIpc) is 2.63. The first kappa shape index (κ1) is 19.5. The fraction of sp³-hybridized carbons (Fsp3) is 0.158. The monoisotopic (exact) mass is 376 g/mol. The molecule has 2 amide bonds. The molecule has 7 heteroatoms. The Labute approximate surface area is 155 Å². The van der Waals surface area contributed by atoms with Gasteiger partial charge in [-0.2, -0.15) is 0 Å². The number of ether oxygens (including phenoxy) is 1. The lowest BCUT2D eigenvalue weighted by atomic mass is 10.2. The number of methoxy groups -OCH3 is 1. The van der Waals surface area contributed by atoms with E-state index < -0.39 is 5.82 Å². The molecule has 0 heterocycles. The first-order valence-electron chi connectivity index (χ1n) is 7.83. The topological polar surface area (TPSA) is 67.4 Å². The summed E-state index contributed by atoms with van der Waals surface area (Å²) >= 11 is 5.65. The molecule has 0 aliphatic heterocycles. The predicted octanol–water partition coefficient (Wildman–Crippen LogP) is 3.65. The lowest BCUT2D eigenvalue weighted by molar-refractivity contribution is -0.117. The quantitative estimate of drug-likeness (QED) is 0.725. The van der Waals surface area contributed by atoms with Crippen molar-refractivity contribution >= 4 is 35.2 Å². The number of rotatable bonds is 7. The number of carbonyl (C=O) groups is 2. The molecule has 0 aromatic heterocycles. The van der Waals surface area contributed by atoms with Crippen molar-refractivity contribution in [2.45, 2.75) is 6.42 Å². The molecule has 0 aliphatic rings. The van der Waals surface area contributed by atoms with Gasteiger partial charge >= 0.3 is 0 Å². The molecule has 2 aromatic rings. The smallest absolute Gasteiger partial charge is 0.244 e. The number of nitrogens with one attached hydrogen (secondary N) is 2. The third-order valence-corrected chi connectivity index (χ3v) is 3.69. The van der Waals surface area contributed by atoms with Gasteiger partial charge < -0.3 is 15.4 Å². The van der Waals surface area contributed by atoms with E-state index in [-0.39, 0.29) is 29.8 Å². The molecule has 0 spiro atoms. The van der Waals surface area contributed by atoms with Gasteiger partial charge in [0.2, 0.25) is 11.8 Å². The summed E-state index contributed by atoms with van der Waals surface area (Å²) in [6, 6.07) is 11.1. The Hall–Kier alpha value is -2.86. The lowest BCUT2D eigenvalue weighted by Gasteiger charge is -2.06.